The number of hydrogen-bond donors (Lipinski definition) is 1. The highest BCUT2D eigenvalue weighted by atomic mass is 16.3. The first kappa shape index (κ1) is 13.3. The Morgan fingerprint density at radius 3 is 2.44 bits per heavy atom. The van der Waals surface area contributed by atoms with Gasteiger partial charge in [0.15, 0.2) is 0 Å². The molecule has 0 radical (unpaired) electrons. The zero-order valence-corrected chi connectivity index (χ0v) is 11.4. The summed E-state index contributed by atoms with van der Waals surface area (Å²) in [6.07, 6.45) is 6.68. The Bertz CT molecular complexity index is 345. The van der Waals surface area contributed by atoms with Gasteiger partial charge in [-0.25, -0.2) is 0 Å². The van der Waals surface area contributed by atoms with E-state index in [-0.39, 0.29) is 6.10 Å². The van der Waals surface area contributed by atoms with Crippen LogP contribution in [0.4, 0.5) is 5.69 Å². The predicted octanol–water partition coefficient (Wildman–Crippen LogP) is 2.71. The minimum atomic E-state index is -0.121. The lowest BCUT2D eigenvalue weighted by Crippen LogP contribution is -2.38. The molecular formula is C15H24N2O. The fourth-order valence-corrected chi connectivity index (χ4v) is 2.77. The molecule has 1 aromatic rings. The van der Waals surface area contributed by atoms with Crippen LogP contribution in [-0.2, 0) is 0 Å². The molecule has 3 nitrogen and oxygen atoms in total. The van der Waals surface area contributed by atoms with E-state index in [0.29, 0.717) is 11.8 Å². The van der Waals surface area contributed by atoms with Crippen molar-refractivity contribution in [2.75, 3.05) is 18.0 Å². The zero-order chi connectivity index (χ0) is 13.0. The van der Waals surface area contributed by atoms with Crippen molar-refractivity contribution < 1.29 is 5.11 Å². The first-order valence-corrected chi connectivity index (χ1v) is 7.00. The molecule has 1 N–H and O–H groups in total. The van der Waals surface area contributed by atoms with Crippen LogP contribution in [0.2, 0.25) is 0 Å². The Morgan fingerprint density at radius 1 is 1.28 bits per heavy atom. The molecule has 2 rings (SSSR count). The number of anilines is 1. The van der Waals surface area contributed by atoms with Gasteiger partial charge in [0.25, 0.3) is 0 Å². The van der Waals surface area contributed by atoms with E-state index < -0.39 is 0 Å². The highest BCUT2D eigenvalue weighted by Crippen LogP contribution is 2.27. The molecule has 0 unspecified atom stereocenters. The van der Waals surface area contributed by atoms with Crippen molar-refractivity contribution >= 4 is 5.69 Å². The van der Waals surface area contributed by atoms with Crippen molar-refractivity contribution in [2.24, 2.45) is 11.8 Å². The Morgan fingerprint density at radius 2 is 1.89 bits per heavy atom. The summed E-state index contributed by atoms with van der Waals surface area (Å²) in [5.74, 6) is 1.06. The fourth-order valence-electron chi connectivity index (χ4n) is 2.77. The molecule has 0 spiro atoms. The minimum absolute atomic E-state index is 0.121. The zero-order valence-electron chi connectivity index (χ0n) is 11.4. The number of rotatable bonds is 4. The van der Waals surface area contributed by atoms with Gasteiger partial charge in [-0.1, -0.05) is 13.8 Å². The molecule has 2 heterocycles. The van der Waals surface area contributed by atoms with Crippen LogP contribution in [0.25, 0.3) is 0 Å². The largest absolute Gasteiger partial charge is 0.393 e. The molecule has 1 aliphatic rings. The van der Waals surface area contributed by atoms with Crippen LogP contribution in [0.5, 0.6) is 0 Å². The fraction of sp³-hybridized carbons (Fsp3) is 0.667. The first-order chi connectivity index (χ1) is 8.66. The number of nitrogens with zero attached hydrogens (tertiary/aromatic N) is 2. The molecule has 100 valence electrons. The Kier molecular flexibility index (Phi) is 4.59. The molecule has 0 aromatic carbocycles. The molecule has 0 aliphatic carbocycles. The van der Waals surface area contributed by atoms with Crippen molar-refractivity contribution in [3.63, 3.8) is 0 Å². The number of pyridine rings is 1. The second-order valence-electron chi connectivity index (χ2n) is 5.73. The summed E-state index contributed by atoms with van der Waals surface area (Å²) < 4.78 is 0. The summed E-state index contributed by atoms with van der Waals surface area (Å²) in [6, 6.07) is 4.12. The van der Waals surface area contributed by atoms with Crippen LogP contribution in [0.1, 0.15) is 33.1 Å². The monoisotopic (exact) mass is 248 g/mol. The molecule has 0 saturated carbocycles. The summed E-state index contributed by atoms with van der Waals surface area (Å²) in [4.78, 5) is 6.44. The molecule has 1 aliphatic heterocycles. The Hall–Kier alpha value is -1.09. The molecule has 18 heavy (non-hydrogen) atoms. The van der Waals surface area contributed by atoms with Gasteiger partial charge in [0.05, 0.1) is 6.10 Å². The summed E-state index contributed by atoms with van der Waals surface area (Å²) in [7, 11) is 0. The van der Waals surface area contributed by atoms with E-state index in [1.165, 1.54) is 5.69 Å². The minimum Gasteiger partial charge on any atom is -0.393 e. The van der Waals surface area contributed by atoms with E-state index >= 15 is 0 Å². The van der Waals surface area contributed by atoms with Gasteiger partial charge in [0.1, 0.15) is 0 Å². The van der Waals surface area contributed by atoms with Gasteiger partial charge < -0.3 is 10.0 Å². The maximum atomic E-state index is 10.2. The average molecular weight is 248 g/mol. The van der Waals surface area contributed by atoms with Crippen molar-refractivity contribution in [1.82, 2.24) is 4.98 Å². The third-order valence-corrected chi connectivity index (χ3v) is 3.82. The number of piperidine rings is 1. The average Bonchev–Trinajstić information content (AvgIpc) is 2.39. The molecule has 1 saturated heterocycles. The Labute approximate surface area is 110 Å². The van der Waals surface area contributed by atoms with E-state index in [1.807, 2.05) is 12.4 Å². The van der Waals surface area contributed by atoms with Gasteiger partial charge in [0.2, 0.25) is 0 Å². The Balaban J connectivity index is 1.85. The predicted molar refractivity (Wildman–Crippen MR) is 74.6 cm³/mol. The maximum absolute atomic E-state index is 10.2. The quantitative estimate of drug-likeness (QED) is 0.890. The molecule has 0 amide bonds. The topological polar surface area (TPSA) is 36.4 Å². The highest BCUT2D eigenvalue weighted by molar-refractivity contribution is 5.44. The second kappa shape index (κ2) is 6.19. The number of aromatic nitrogens is 1. The number of aliphatic hydroxyl groups is 1. The van der Waals surface area contributed by atoms with E-state index in [4.69, 9.17) is 0 Å². The third-order valence-electron chi connectivity index (χ3n) is 3.82. The van der Waals surface area contributed by atoms with Crippen molar-refractivity contribution in [3.05, 3.63) is 24.5 Å². The smallest absolute Gasteiger partial charge is 0.0572 e. The number of hydrogen-bond acceptors (Lipinski definition) is 3. The maximum Gasteiger partial charge on any atom is 0.0572 e. The number of aliphatic hydroxyl groups excluding tert-OH is 1. The standard InChI is InChI=1S/C15H24N2O/c1-12(2)11-15(18)13-5-9-17(10-6-13)14-3-7-16-8-4-14/h3-4,7-8,12-13,15,18H,5-6,9-11H2,1-2H3/t15-/m1/s1. The summed E-state index contributed by atoms with van der Waals surface area (Å²) >= 11 is 0. The second-order valence-corrected chi connectivity index (χ2v) is 5.73. The first-order valence-electron chi connectivity index (χ1n) is 7.00. The SMILES string of the molecule is CC(C)C[C@@H](O)C1CCN(c2ccncc2)CC1. The normalized spacial score (nSPS) is 19.2. The van der Waals surface area contributed by atoms with Crippen LogP contribution in [0.15, 0.2) is 24.5 Å². The van der Waals surface area contributed by atoms with Crippen LogP contribution >= 0.6 is 0 Å². The van der Waals surface area contributed by atoms with Crippen molar-refractivity contribution in [2.45, 2.75) is 39.2 Å². The van der Waals surface area contributed by atoms with Gasteiger partial charge in [-0.3, -0.25) is 4.98 Å². The van der Waals surface area contributed by atoms with Crippen LogP contribution in [-0.4, -0.2) is 29.3 Å². The van der Waals surface area contributed by atoms with Gasteiger partial charge in [-0.2, -0.15) is 0 Å². The van der Waals surface area contributed by atoms with Crippen LogP contribution in [0, 0.1) is 11.8 Å². The molecule has 1 aromatic heterocycles. The van der Waals surface area contributed by atoms with Crippen LogP contribution in [0.3, 0.4) is 0 Å². The molecule has 1 atom stereocenters. The highest BCUT2D eigenvalue weighted by Gasteiger charge is 2.25. The summed E-state index contributed by atoms with van der Waals surface area (Å²) in [5, 5.41) is 10.2. The van der Waals surface area contributed by atoms with Crippen molar-refractivity contribution in [3.8, 4) is 0 Å². The molecule has 3 heteroatoms. The summed E-state index contributed by atoms with van der Waals surface area (Å²) in [5.41, 5.74) is 1.25. The van der Waals surface area contributed by atoms with Gasteiger partial charge >= 0.3 is 0 Å². The van der Waals surface area contributed by atoms with E-state index in [1.54, 1.807) is 0 Å². The van der Waals surface area contributed by atoms with E-state index in [9.17, 15) is 5.11 Å². The lowest BCUT2D eigenvalue weighted by atomic mass is 9.87. The van der Waals surface area contributed by atoms with Gasteiger partial charge in [-0.05, 0) is 43.2 Å². The summed E-state index contributed by atoms with van der Waals surface area (Å²) in [6.45, 7) is 6.44. The van der Waals surface area contributed by atoms with Crippen LogP contribution < -0.4 is 4.90 Å². The van der Waals surface area contributed by atoms with E-state index in [0.717, 1.165) is 32.4 Å². The lowest BCUT2D eigenvalue weighted by Gasteiger charge is -2.36. The molecule has 0 bridgehead atoms. The van der Waals surface area contributed by atoms with Gasteiger partial charge in [-0.15, -0.1) is 0 Å². The third kappa shape index (κ3) is 3.45. The van der Waals surface area contributed by atoms with E-state index in [2.05, 4.69) is 35.9 Å². The molecule has 1 fully saturated rings. The lowest BCUT2D eigenvalue weighted by molar-refractivity contribution is 0.0735. The van der Waals surface area contributed by atoms with Gasteiger partial charge in [0, 0.05) is 31.2 Å². The van der Waals surface area contributed by atoms with Crippen molar-refractivity contribution in [1.29, 1.82) is 0 Å². The molecular weight excluding hydrogens is 224 g/mol.